The maximum absolute atomic E-state index is 13.7. The van der Waals surface area contributed by atoms with Crippen LogP contribution in [0.2, 0.25) is 0 Å². The van der Waals surface area contributed by atoms with Gasteiger partial charge in [0.2, 0.25) is 0 Å². The van der Waals surface area contributed by atoms with E-state index in [1.54, 1.807) is 18.2 Å². The number of hydrogen-bond acceptors (Lipinski definition) is 3. The van der Waals surface area contributed by atoms with Gasteiger partial charge < -0.3 is 10.5 Å². The zero-order valence-electron chi connectivity index (χ0n) is 9.53. The van der Waals surface area contributed by atoms with Gasteiger partial charge in [-0.3, -0.25) is 0 Å². The summed E-state index contributed by atoms with van der Waals surface area (Å²) in [6.45, 7) is 1.36. The van der Waals surface area contributed by atoms with Crippen molar-refractivity contribution in [1.29, 1.82) is 0 Å². The first-order valence-corrected chi connectivity index (χ1v) is 6.04. The van der Waals surface area contributed by atoms with E-state index in [0.717, 1.165) is 0 Å². The third-order valence-corrected chi connectivity index (χ3v) is 3.16. The van der Waals surface area contributed by atoms with Crippen LogP contribution >= 0.6 is 35.0 Å². The second kappa shape index (κ2) is 7.20. The van der Waals surface area contributed by atoms with Gasteiger partial charge in [-0.1, -0.05) is 18.2 Å². The van der Waals surface area contributed by atoms with Crippen LogP contribution in [0.5, 0.6) is 0 Å². The van der Waals surface area contributed by atoms with Gasteiger partial charge in [0.25, 0.3) is 0 Å². The van der Waals surface area contributed by atoms with Gasteiger partial charge in [-0.05, 0) is 41.1 Å². The van der Waals surface area contributed by atoms with Gasteiger partial charge in [-0.2, -0.15) is 8.78 Å². The van der Waals surface area contributed by atoms with Crippen LogP contribution in [0.25, 0.3) is 0 Å². The number of esters is 1. The molecule has 0 heterocycles. The van der Waals surface area contributed by atoms with Crippen LogP contribution in [0.1, 0.15) is 18.5 Å². The molecule has 0 aliphatic carbocycles. The quantitative estimate of drug-likeness (QED) is 0.634. The minimum absolute atomic E-state index is 0. The van der Waals surface area contributed by atoms with Gasteiger partial charge in [0, 0.05) is 3.57 Å². The Hall–Kier alpha value is -0.470. The van der Waals surface area contributed by atoms with Crippen LogP contribution in [0, 0.1) is 3.57 Å². The lowest BCUT2D eigenvalue weighted by Gasteiger charge is -2.22. The molecule has 2 N–H and O–H groups in total. The molecule has 0 radical (unpaired) electrons. The second-order valence-electron chi connectivity index (χ2n) is 3.34. The molecule has 0 spiro atoms. The molecule has 1 atom stereocenters. The highest BCUT2D eigenvalue weighted by atomic mass is 127. The third-order valence-electron chi connectivity index (χ3n) is 2.18. The number of rotatable bonds is 4. The molecule has 18 heavy (non-hydrogen) atoms. The molecule has 0 bridgehead atoms. The Bertz CT molecular complexity index is 418. The maximum atomic E-state index is 13.7. The first kappa shape index (κ1) is 17.5. The van der Waals surface area contributed by atoms with Crippen molar-refractivity contribution in [1.82, 2.24) is 0 Å². The molecule has 0 unspecified atom stereocenters. The average Bonchev–Trinajstić information content (AvgIpc) is 2.29. The fourth-order valence-corrected chi connectivity index (χ4v) is 2.00. The van der Waals surface area contributed by atoms with E-state index in [1.165, 1.54) is 13.0 Å². The SMILES string of the molecule is CCOC(=O)C(F)(F)[C@H](N)c1ccccc1I.Cl. The number of carbonyl (C=O) groups excluding carboxylic acids is 1. The molecule has 0 amide bonds. The van der Waals surface area contributed by atoms with Gasteiger partial charge in [0.1, 0.15) is 6.04 Å². The lowest BCUT2D eigenvalue weighted by atomic mass is 10.0. The summed E-state index contributed by atoms with van der Waals surface area (Å²) in [4.78, 5) is 11.1. The molecule has 1 aromatic rings. The molecule has 3 nitrogen and oxygen atoms in total. The van der Waals surface area contributed by atoms with Crippen molar-refractivity contribution in [3.05, 3.63) is 33.4 Å². The highest BCUT2D eigenvalue weighted by Crippen LogP contribution is 2.32. The molecule has 102 valence electrons. The standard InChI is InChI=1S/C11H12F2INO2.ClH/c1-2-17-10(16)11(12,13)9(15)7-5-3-4-6-8(7)14;/h3-6,9H,2,15H2,1H3;1H/t9-;/m1./s1. The van der Waals surface area contributed by atoms with Crippen molar-refractivity contribution in [3.63, 3.8) is 0 Å². The minimum atomic E-state index is -3.72. The minimum Gasteiger partial charge on any atom is -0.462 e. The molecule has 0 saturated heterocycles. The van der Waals surface area contributed by atoms with Crippen LogP contribution in [0.3, 0.4) is 0 Å². The molecular formula is C11H13ClF2INO2. The maximum Gasteiger partial charge on any atom is 0.379 e. The van der Waals surface area contributed by atoms with Crippen LogP contribution in [0.4, 0.5) is 8.78 Å². The predicted octanol–water partition coefficient (Wildman–Crippen LogP) is 2.91. The van der Waals surface area contributed by atoms with Crippen LogP contribution < -0.4 is 5.73 Å². The highest BCUT2D eigenvalue weighted by Gasteiger charge is 2.48. The van der Waals surface area contributed by atoms with Crippen LogP contribution in [-0.2, 0) is 9.53 Å². The Morgan fingerprint density at radius 2 is 2.06 bits per heavy atom. The number of carbonyl (C=O) groups is 1. The van der Waals surface area contributed by atoms with Crippen molar-refractivity contribution in [2.45, 2.75) is 18.9 Å². The van der Waals surface area contributed by atoms with Gasteiger partial charge in [-0.15, -0.1) is 12.4 Å². The summed E-state index contributed by atoms with van der Waals surface area (Å²) in [6, 6.07) is 4.73. The van der Waals surface area contributed by atoms with E-state index in [-0.39, 0.29) is 24.6 Å². The van der Waals surface area contributed by atoms with Crippen molar-refractivity contribution in [2.24, 2.45) is 5.73 Å². The molecule has 0 aliphatic heterocycles. The Morgan fingerprint density at radius 1 is 1.50 bits per heavy atom. The number of alkyl halides is 2. The normalized spacial score (nSPS) is 12.5. The van der Waals surface area contributed by atoms with Gasteiger partial charge in [0.05, 0.1) is 6.61 Å². The Labute approximate surface area is 124 Å². The molecule has 1 aromatic carbocycles. The second-order valence-corrected chi connectivity index (χ2v) is 4.50. The Balaban J connectivity index is 0.00000289. The average molecular weight is 392 g/mol. The lowest BCUT2D eigenvalue weighted by Crippen LogP contribution is -2.42. The lowest BCUT2D eigenvalue weighted by molar-refractivity contribution is -0.174. The van der Waals surface area contributed by atoms with E-state index >= 15 is 0 Å². The highest BCUT2D eigenvalue weighted by molar-refractivity contribution is 14.1. The molecular weight excluding hydrogens is 378 g/mol. The van der Waals surface area contributed by atoms with E-state index < -0.39 is 17.9 Å². The summed E-state index contributed by atoms with van der Waals surface area (Å²) >= 11 is 1.89. The molecule has 0 fully saturated rings. The summed E-state index contributed by atoms with van der Waals surface area (Å²) in [5, 5.41) is 0. The Kier molecular flexibility index (Phi) is 7.01. The predicted molar refractivity (Wildman–Crippen MR) is 74.9 cm³/mol. The van der Waals surface area contributed by atoms with E-state index in [1.807, 2.05) is 22.6 Å². The summed E-state index contributed by atoms with van der Waals surface area (Å²) in [6.07, 6.45) is 0. The third kappa shape index (κ3) is 3.76. The number of ether oxygens (including phenoxy) is 1. The number of nitrogens with two attached hydrogens (primary N) is 1. The van der Waals surface area contributed by atoms with Crippen molar-refractivity contribution < 1.29 is 18.3 Å². The topological polar surface area (TPSA) is 52.3 Å². The van der Waals surface area contributed by atoms with Crippen molar-refractivity contribution in [2.75, 3.05) is 6.61 Å². The summed E-state index contributed by atoms with van der Waals surface area (Å²) in [5.74, 6) is -5.32. The van der Waals surface area contributed by atoms with E-state index in [4.69, 9.17) is 5.73 Å². The van der Waals surface area contributed by atoms with Gasteiger partial charge >= 0.3 is 11.9 Å². The fourth-order valence-electron chi connectivity index (χ4n) is 1.28. The van der Waals surface area contributed by atoms with Crippen molar-refractivity contribution in [3.8, 4) is 0 Å². The monoisotopic (exact) mass is 391 g/mol. The smallest absolute Gasteiger partial charge is 0.379 e. The molecule has 0 aliphatic rings. The fraction of sp³-hybridized carbons (Fsp3) is 0.364. The van der Waals surface area contributed by atoms with Crippen LogP contribution in [-0.4, -0.2) is 18.5 Å². The molecule has 7 heteroatoms. The zero-order chi connectivity index (χ0) is 13.1. The summed E-state index contributed by atoms with van der Waals surface area (Å²) in [7, 11) is 0. The first-order chi connectivity index (χ1) is 7.91. The summed E-state index contributed by atoms with van der Waals surface area (Å²) < 4.78 is 32.2. The van der Waals surface area contributed by atoms with E-state index in [9.17, 15) is 13.6 Å². The number of benzene rings is 1. The van der Waals surface area contributed by atoms with Gasteiger partial charge in [0.15, 0.2) is 0 Å². The Morgan fingerprint density at radius 3 is 2.56 bits per heavy atom. The molecule has 1 rings (SSSR count). The van der Waals surface area contributed by atoms with Crippen molar-refractivity contribution >= 4 is 41.0 Å². The molecule has 0 aromatic heterocycles. The van der Waals surface area contributed by atoms with E-state index in [2.05, 4.69) is 4.74 Å². The number of hydrogen-bond donors (Lipinski definition) is 1. The van der Waals surface area contributed by atoms with E-state index in [0.29, 0.717) is 3.57 Å². The zero-order valence-corrected chi connectivity index (χ0v) is 12.5. The molecule has 0 saturated carbocycles. The van der Waals surface area contributed by atoms with Gasteiger partial charge in [-0.25, -0.2) is 4.79 Å². The first-order valence-electron chi connectivity index (χ1n) is 4.96. The van der Waals surface area contributed by atoms with Crippen LogP contribution in [0.15, 0.2) is 24.3 Å². The summed E-state index contributed by atoms with van der Waals surface area (Å²) in [5.41, 5.74) is 5.68. The number of halogens is 4. The largest absolute Gasteiger partial charge is 0.462 e.